The Kier molecular flexibility index (Phi) is 6.20. The Bertz CT molecular complexity index is 864. The number of benzene rings is 2. The first-order valence-corrected chi connectivity index (χ1v) is 9.83. The molecule has 3 rings (SSSR count). The number of carbonyl (C=O) groups is 1. The third kappa shape index (κ3) is 4.94. The Morgan fingerprint density at radius 3 is 2.52 bits per heavy atom. The third-order valence-corrected chi connectivity index (χ3v) is 4.97. The molecule has 0 saturated heterocycles. The molecule has 6 nitrogen and oxygen atoms in total. The van der Waals surface area contributed by atoms with Crippen LogP contribution >= 0.6 is 0 Å². The second-order valence-corrected chi connectivity index (χ2v) is 7.72. The number of nitrogens with one attached hydrogen (secondary N) is 1. The molecule has 156 valence electrons. The van der Waals surface area contributed by atoms with Gasteiger partial charge in [0.25, 0.3) is 5.91 Å². The van der Waals surface area contributed by atoms with Gasteiger partial charge in [-0.15, -0.1) is 0 Å². The molecule has 0 spiro atoms. The molecule has 0 bridgehead atoms. The number of rotatable bonds is 7. The zero-order valence-corrected chi connectivity index (χ0v) is 17.7. The lowest BCUT2D eigenvalue weighted by molar-refractivity contribution is -0.129. The number of ether oxygens (including phenoxy) is 4. The first-order chi connectivity index (χ1) is 13.8. The van der Waals surface area contributed by atoms with E-state index in [0.29, 0.717) is 24.3 Å². The minimum absolute atomic E-state index is 0.160. The van der Waals surface area contributed by atoms with Gasteiger partial charge in [0.1, 0.15) is 28.6 Å². The highest BCUT2D eigenvalue weighted by molar-refractivity contribution is 5.81. The van der Waals surface area contributed by atoms with Crippen molar-refractivity contribution in [2.75, 3.05) is 14.2 Å². The number of hydrogen-bond acceptors (Lipinski definition) is 5. The van der Waals surface area contributed by atoms with Gasteiger partial charge in [0.2, 0.25) is 0 Å². The predicted molar refractivity (Wildman–Crippen MR) is 111 cm³/mol. The zero-order chi connectivity index (χ0) is 21.0. The molecule has 1 aliphatic rings. The average Bonchev–Trinajstić information content (AvgIpc) is 2.71. The molecule has 0 unspecified atom stereocenters. The number of fused-ring (bicyclic) bond motifs is 1. The van der Waals surface area contributed by atoms with E-state index in [1.807, 2.05) is 57.2 Å². The van der Waals surface area contributed by atoms with Crippen molar-refractivity contribution in [2.24, 2.45) is 0 Å². The highest BCUT2D eigenvalue weighted by atomic mass is 16.5. The van der Waals surface area contributed by atoms with Crippen LogP contribution in [0.25, 0.3) is 0 Å². The van der Waals surface area contributed by atoms with Crippen LogP contribution < -0.4 is 24.3 Å². The summed E-state index contributed by atoms with van der Waals surface area (Å²) in [7, 11) is 3.22. The van der Waals surface area contributed by atoms with E-state index in [1.54, 1.807) is 20.3 Å². The summed E-state index contributed by atoms with van der Waals surface area (Å²) in [5.74, 6) is 2.61. The molecule has 1 heterocycles. The van der Waals surface area contributed by atoms with Gasteiger partial charge in [0, 0.05) is 18.1 Å². The monoisotopic (exact) mass is 399 g/mol. The Labute approximate surface area is 172 Å². The Balaban J connectivity index is 1.79. The lowest BCUT2D eigenvalue weighted by Crippen LogP contribution is -2.45. The summed E-state index contributed by atoms with van der Waals surface area (Å²) in [6.45, 7) is 5.96. The smallest absolute Gasteiger partial charge is 0.261 e. The van der Waals surface area contributed by atoms with Crippen molar-refractivity contribution in [2.45, 2.75) is 51.4 Å². The van der Waals surface area contributed by atoms with Gasteiger partial charge in [-0.3, -0.25) is 4.79 Å². The van der Waals surface area contributed by atoms with Gasteiger partial charge in [0.15, 0.2) is 6.10 Å². The van der Waals surface area contributed by atoms with E-state index in [9.17, 15) is 4.79 Å². The van der Waals surface area contributed by atoms with Gasteiger partial charge < -0.3 is 24.3 Å². The molecule has 2 aromatic carbocycles. The second kappa shape index (κ2) is 8.64. The first-order valence-electron chi connectivity index (χ1n) is 9.83. The standard InChI is InChI=1S/C23H29NO5/c1-6-20(28-17-9-7-8-15(12-17)26-4)22(25)24-19-14-23(2,3)29-21-11-10-16(27-5)13-18(19)21/h7-13,19-20H,6,14H2,1-5H3,(H,24,25)/t19-,20+/m0/s1. The molecule has 0 aromatic heterocycles. The van der Waals surface area contributed by atoms with Crippen LogP contribution in [-0.4, -0.2) is 31.8 Å². The van der Waals surface area contributed by atoms with Crippen LogP contribution in [0.3, 0.4) is 0 Å². The Morgan fingerprint density at radius 2 is 1.83 bits per heavy atom. The van der Waals surface area contributed by atoms with E-state index in [2.05, 4.69) is 5.32 Å². The Hall–Kier alpha value is -2.89. The molecule has 1 aliphatic heterocycles. The van der Waals surface area contributed by atoms with Crippen molar-refractivity contribution >= 4 is 5.91 Å². The SMILES string of the molecule is CC[C@@H](Oc1cccc(OC)c1)C(=O)N[C@H]1CC(C)(C)Oc2ccc(OC)cc21. The summed E-state index contributed by atoms with van der Waals surface area (Å²) in [5.41, 5.74) is 0.516. The molecule has 29 heavy (non-hydrogen) atoms. The molecule has 0 saturated carbocycles. The number of carbonyl (C=O) groups excluding carboxylic acids is 1. The summed E-state index contributed by atoms with van der Waals surface area (Å²) in [5, 5.41) is 3.15. The highest BCUT2D eigenvalue weighted by Gasteiger charge is 2.36. The van der Waals surface area contributed by atoms with Gasteiger partial charge >= 0.3 is 0 Å². The molecular formula is C23H29NO5. The van der Waals surface area contributed by atoms with Crippen molar-refractivity contribution in [3.63, 3.8) is 0 Å². The molecule has 2 aromatic rings. The maximum absolute atomic E-state index is 13.0. The fourth-order valence-corrected chi connectivity index (χ4v) is 3.51. The van der Waals surface area contributed by atoms with Gasteiger partial charge in [-0.2, -0.15) is 0 Å². The topological polar surface area (TPSA) is 66.0 Å². The van der Waals surface area contributed by atoms with Crippen molar-refractivity contribution in [1.29, 1.82) is 0 Å². The van der Waals surface area contributed by atoms with Gasteiger partial charge in [0.05, 0.1) is 20.3 Å². The van der Waals surface area contributed by atoms with E-state index in [0.717, 1.165) is 17.1 Å². The van der Waals surface area contributed by atoms with Gasteiger partial charge in [-0.05, 0) is 50.6 Å². The fraction of sp³-hybridized carbons (Fsp3) is 0.435. The van der Waals surface area contributed by atoms with Crippen molar-refractivity contribution in [1.82, 2.24) is 5.32 Å². The van der Waals surface area contributed by atoms with Crippen LogP contribution in [0, 0.1) is 0 Å². The van der Waals surface area contributed by atoms with E-state index in [-0.39, 0.29) is 11.9 Å². The highest BCUT2D eigenvalue weighted by Crippen LogP contribution is 2.41. The summed E-state index contributed by atoms with van der Waals surface area (Å²) >= 11 is 0. The lowest BCUT2D eigenvalue weighted by Gasteiger charge is -2.38. The normalized spacial score (nSPS) is 18.0. The quantitative estimate of drug-likeness (QED) is 0.753. The summed E-state index contributed by atoms with van der Waals surface area (Å²) in [6.07, 6.45) is 0.580. The van der Waals surface area contributed by atoms with E-state index in [1.165, 1.54) is 0 Å². The van der Waals surface area contributed by atoms with Gasteiger partial charge in [-0.25, -0.2) is 0 Å². The molecule has 2 atom stereocenters. The van der Waals surface area contributed by atoms with Crippen molar-refractivity contribution in [3.8, 4) is 23.0 Å². The average molecular weight is 399 g/mol. The molecular weight excluding hydrogens is 370 g/mol. The van der Waals surface area contributed by atoms with Crippen LogP contribution in [-0.2, 0) is 4.79 Å². The largest absolute Gasteiger partial charge is 0.497 e. The lowest BCUT2D eigenvalue weighted by atomic mass is 9.89. The van der Waals surface area contributed by atoms with Crippen LogP contribution in [0.2, 0.25) is 0 Å². The van der Waals surface area contributed by atoms with Crippen LogP contribution in [0.1, 0.15) is 45.2 Å². The fourth-order valence-electron chi connectivity index (χ4n) is 3.51. The van der Waals surface area contributed by atoms with Crippen molar-refractivity contribution in [3.05, 3.63) is 48.0 Å². The number of methoxy groups -OCH3 is 2. The first kappa shape index (κ1) is 20.8. The zero-order valence-electron chi connectivity index (χ0n) is 17.7. The molecule has 1 amide bonds. The molecule has 1 N–H and O–H groups in total. The third-order valence-electron chi connectivity index (χ3n) is 4.97. The summed E-state index contributed by atoms with van der Waals surface area (Å²) < 4.78 is 22.6. The predicted octanol–water partition coefficient (Wildman–Crippen LogP) is 4.28. The second-order valence-electron chi connectivity index (χ2n) is 7.72. The van der Waals surface area contributed by atoms with Gasteiger partial charge in [-0.1, -0.05) is 13.0 Å². The maximum Gasteiger partial charge on any atom is 0.261 e. The molecule has 0 radical (unpaired) electrons. The number of hydrogen-bond donors (Lipinski definition) is 1. The summed E-state index contributed by atoms with van der Waals surface area (Å²) in [6, 6.07) is 12.7. The number of amides is 1. The molecule has 6 heteroatoms. The maximum atomic E-state index is 13.0. The van der Waals surface area contributed by atoms with E-state index in [4.69, 9.17) is 18.9 Å². The van der Waals surface area contributed by atoms with Crippen LogP contribution in [0.4, 0.5) is 0 Å². The van der Waals surface area contributed by atoms with Crippen molar-refractivity contribution < 1.29 is 23.7 Å². The summed E-state index contributed by atoms with van der Waals surface area (Å²) in [4.78, 5) is 13.0. The molecule has 0 fully saturated rings. The van der Waals surface area contributed by atoms with Crippen LogP contribution in [0.5, 0.6) is 23.0 Å². The minimum atomic E-state index is -0.609. The van der Waals surface area contributed by atoms with E-state index < -0.39 is 11.7 Å². The minimum Gasteiger partial charge on any atom is -0.497 e. The Morgan fingerprint density at radius 1 is 1.14 bits per heavy atom. The molecule has 0 aliphatic carbocycles. The van der Waals surface area contributed by atoms with Crippen LogP contribution in [0.15, 0.2) is 42.5 Å². The van der Waals surface area contributed by atoms with E-state index >= 15 is 0 Å².